The Morgan fingerprint density at radius 3 is 2.60 bits per heavy atom. The number of ketones is 1. The first-order valence-electron chi connectivity index (χ1n) is 3.35. The zero-order valence-corrected chi connectivity index (χ0v) is 8.87. The number of hydrogen-bond donors (Lipinski definition) is 0. The smallest absolute Gasteiger partial charge is 0.149 e. The predicted octanol–water partition coefficient (Wildman–Crippen LogP) is 1.67. The van der Waals surface area contributed by atoms with Gasteiger partial charge in [0.05, 0.1) is 6.04 Å². The van der Waals surface area contributed by atoms with Crippen LogP contribution < -0.4 is 0 Å². The molecule has 0 saturated heterocycles. The second kappa shape index (κ2) is 5.18. The number of nitrogens with zero attached hydrogens (tertiary/aromatic N) is 1. The Balaban J connectivity index is 3.81. The fourth-order valence-corrected chi connectivity index (χ4v) is 1.66. The highest BCUT2D eigenvalue weighted by Crippen LogP contribution is 2.26. The minimum atomic E-state index is 0.0841. The molecule has 0 amide bonds. The van der Waals surface area contributed by atoms with E-state index in [0.29, 0.717) is 20.6 Å². The molecule has 0 rings (SSSR count). The van der Waals surface area contributed by atoms with Crippen LogP contribution in [0.4, 0.5) is 0 Å². The number of carbonyl (C=O) groups excluding carboxylic acids is 1. The lowest BCUT2D eigenvalue weighted by Crippen LogP contribution is -2.28. The van der Waals surface area contributed by atoms with Gasteiger partial charge in [0.2, 0.25) is 0 Å². The molecule has 3 atom stereocenters. The van der Waals surface area contributed by atoms with Gasteiger partial charge in [-0.1, -0.05) is 15.9 Å². The summed E-state index contributed by atoms with van der Waals surface area (Å²) in [4.78, 5) is 11.1. The molecule has 0 spiro atoms. The third kappa shape index (κ3) is 3.05. The fraction of sp³-hybridized carbons (Fsp3) is 0.833. The van der Waals surface area contributed by atoms with Gasteiger partial charge in [-0.15, -0.1) is 0 Å². The van der Waals surface area contributed by atoms with Gasteiger partial charge in [-0.3, -0.25) is 9.46 Å². The molecule has 0 aliphatic carbocycles. The van der Waals surface area contributed by atoms with Crippen LogP contribution in [0.3, 0.4) is 0 Å². The van der Waals surface area contributed by atoms with E-state index in [9.17, 15) is 4.79 Å². The first kappa shape index (κ1) is 10.5. The highest BCUT2D eigenvalue weighted by Gasteiger charge is 2.13. The summed E-state index contributed by atoms with van der Waals surface area (Å²) in [5.74, 6) is 0.317. The first-order valence-corrected chi connectivity index (χ1v) is 6.11. The van der Waals surface area contributed by atoms with E-state index in [1.165, 1.54) is 0 Å². The zero-order chi connectivity index (χ0) is 8.15. The summed E-state index contributed by atoms with van der Waals surface area (Å²) in [7, 11) is 5.23. The topological polar surface area (TPSA) is 20.3 Å². The van der Waals surface area contributed by atoms with Crippen LogP contribution in [-0.2, 0) is 4.79 Å². The van der Waals surface area contributed by atoms with E-state index in [-0.39, 0.29) is 6.04 Å². The Kier molecular flexibility index (Phi) is 5.44. The van der Waals surface area contributed by atoms with Crippen LogP contribution in [0.25, 0.3) is 0 Å². The number of Topliss-reactive ketones (excluding diaryl/α,β-unsaturated/α-hetero) is 1. The van der Waals surface area contributed by atoms with Gasteiger partial charge in [-0.05, 0) is 22.4 Å². The van der Waals surface area contributed by atoms with E-state index in [2.05, 4.69) is 8.93 Å². The van der Waals surface area contributed by atoms with Crippen LogP contribution in [0.2, 0.25) is 0 Å². The minimum absolute atomic E-state index is 0.0841. The summed E-state index contributed by atoms with van der Waals surface area (Å²) in [5, 5.41) is 0. The lowest BCUT2D eigenvalue weighted by Gasteiger charge is -2.20. The maximum atomic E-state index is 11.1. The van der Waals surface area contributed by atoms with E-state index in [0.717, 1.165) is 0 Å². The zero-order valence-electron chi connectivity index (χ0n) is 6.72. The Labute approximate surface area is 66.7 Å². The molecule has 2 nitrogen and oxygen atoms in total. The van der Waals surface area contributed by atoms with Crippen LogP contribution >= 0.6 is 17.3 Å². The number of hydrogen-bond acceptors (Lipinski definition) is 2. The van der Waals surface area contributed by atoms with Gasteiger partial charge in [0.25, 0.3) is 0 Å². The molecule has 0 aliphatic heterocycles. The molecule has 0 aromatic heterocycles. The second-order valence-corrected chi connectivity index (χ2v) is 3.97. The largest absolute Gasteiger partial charge is 0.298 e. The first-order chi connectivity index (χ1) is 4.63. The van der Waals surface area contributed by atoms with E-state index in [1.807, 2.05) is 25.6 Å². The average Bonchev–Trinajstić information content (AvgIpc) is 2.00. The average molecular weight is 179 g/mol. The molecule has 60 valence electrons. The van der Waals surface area contributed by atoms with Gasteiger partial charge in [0, 0.05) is 6.42 Å². The van der Waals surface area contributed by atoms with Crippen molar-refractivity contribution in [2.24, 2.45) is 0 Å². The van der Waals surface area contributed by atoms with Crippen LogP contribution in [-0.4, -0.2) is 23.5 Å². The number of carbonyl (C=O) groups is 1. The van der Waals surface area contributed by atoms with Crippen molar-refractivity contribution in [3.63, 3.8) is 0 Å². The molecule has 0 bridgehead atoms. The van der Waals surface area contributed by atoms with Crippen molar-refractivity contribution in [3.8, 4) is 0 Å². The molecule has 0 fully saturated rings. The maximum absolute atomic E-state index is 11.1. The van der Waals surface area contributed by atoms with Gasteiger partial charge in [0.15, 0.2) is 0 Å². The minimum Gasteiger partial charge on any atom is -0.298 e. The molecule has 4 heteroatoms. The van der Waals surface area contributed by atoms with E-state index >= 15 is 0 Å². The van der Waals surface area contributed by atoms with Crippen LogP contribution in [0.1, 0.15) is 20.3 Å². The van der Waals surface area contributed by atoms with Crippen LogP contribution in [0, 0.1) is 0 Å². The molecule has 0 aromatic rings. The van der Waals surface area contributed by atoms with Crippen LogP contribution in [0.15, 0.2) is 0 Å². The van der Waals surface area contributed by atoms with Crippen LogP contribution in [0.5, 0.6) is 0 Å². The summed E-state index contributed by atoms with van der Waals surface area (Å²) in [6, 6.07) is 0.0841. The van der Waals surface area contributed by atoms with Crippen molar-refractivity contribution in [3.05, 3.63) is 0 Å². The summed E-state index contributed by atoms with van der Waals surface area (Å²) >= 11 is 0. The lowest BCUT2D eigenvalue weighted by molar-refractivity contribution is -0.121. The highest BCUT2D eigenvalue weighted by atomic mass is 32.0. The SMILES string of the molecule is CCC(=O)C(C)N(C)PP. The molecule has 0 aromatic carbocycles. The summed E-state index contributed by atoms with van der Waals surface area (Å²) in [6.07, 6.45) is 0.640. The van der Waals surface area contributed by atoms with Gasteiger partial charge < -0.3 is 0 Å². The number of rotatable bonds is 4. The third-order valence-electron chi connectivity index (χ3n) is 1.60. The normalized spacial score (nSPS) is 14.9. The quantitative estimate of drug-likeness (QED) is 0.612. The second-order valence-electron chi connectivity index (χ2n) is 2.24. The van der Waals surface area contributed by atoms with E-state index in [4.69, 9.17) is 0 Å². The molecular formula is C6H15NOP2. The van der Waals surface area contributed by atoms with Crippen molar-refractivity contribution in [1.82, 2.24) is 4.67 Å². The maximum Gasteiger partial charge on any atom is 0.149 e. The van der Waals surface area contributed by atoms with Crippen molar-refractivity contribution in [1.29, 1.82) is 0 Å². The highest BCUT2D eigenvalue weighted by molar-refractivity contribution is 8.01. The molecule has 10 heavy (non-hydrogen) atoms. The summed E-state index contributed by atoms with van der Waals surface area (Å²) in [6.45, 7) is 3.85. The Morgan fingerprint density at radius 2 is 2.30 bits per heavy atom. The fourth-order valence-electron chi connectivity index (χ4n) is 0.623. The van der Waals surface area contributed by atoms with Gasteiger partial charge in [-0.25, -0.2) is 0 Å². The molecular weight excluding hydrogens is 164 g/mol. The van der Waals surface area contributed by atoms with E-state index in [1.54, 1.807) is 0 Å². The van der Waals surface area contributed by atoms with E-state index < -0.39 is 0 Å². The molecule has 3 unspecified atom stereocenters. The van der Waals surface area contributed by atoms with Gasteiger partial charge >= 0.3 is 0 Å². The predicted molar refractivity (Wildman–Crippen MR) is 50.5 cm³/mol. The lowest BCUT2D eigenvalue weighted by atomic mass is 10.2. The molecule has 0 heterocycles. The van der Waals surface area contributed by atoms with Crippen molar-refractivity contribution < 1.29 is 4.79 Å². The molecule has 0 radical (unpaired) electrons. The third-order valence-corrected chi connectivity index (χ3v) is 3.62. The van der Waals surface area contributed by atoms with Crippen molar-refractivity contribution in [2.75, 3.05) is 7.05 Å². The van der Waals surface area contributed by atoms with Crippen molar-refractivity contribution >= 4 is 23.1 Å². The molecule has 0 aliphatic rings. The van der Waals surface area contributed by atoms with Gasteiger partial charge in [-0.2, -0.15) is 0 Å². The van der Waals surface area contributed by atoms with Crippen molar-refractivity contribution in [2.45, 2.75) is 26.3 Å². The van der Waals surface area contributed by atoms with Gasteiger partial charge in [0.1, 0.15) is 5.78 Å². The summed E-state index contributed by atoms with van der Waals surface area (Å²) in [5.41, 5.74) is 0. The molecule has 0 saturated carbocycles. The monoisotopic (exact) mass is 179 g/mol. The number of likely N-dealkylation sites (N-methyl/N-ethyl adjacent to an activating group) is 1. The standard InChI is InChI=1S/C6H15NOP2/c1-4-6(8)5(2)7(3)10-9/h5,10H,4,9H2,1-3H3. The Morgan fingerprint density at radius 1 is 1.80 bits per heavy atom. The molecule has 0 N–H and O–H groups in total. The Hall–Kier alpha value is 0.490. The summed E-state index contributed by atoms with van der Waals surface area (Å²) < 4.78 is 2.04. The Bertz CT molecular complexity index is 118.